The van der Waals surface area contributed by atoms with Crippen LogP contribution >= 0.6 is 0 Å². The Morgan fingerprint density at radius 2 is 2.04 bits per heavy atom. The van der Waals surface area contributed by atoms with E-state index in [4.69, 9.17) is 4.74 Å². The first-order valence-corrected chi connectivity index (χ1v) is 9.14. The van der Waals surface area contributed by atoms with Crippen LogP contribution in [0, 0.1) is 11.8 Å². The minimum absolute atomic E-state index is 0.0523. The van der Waals surface area contributed by atoms with E-state index in [1.165, 1.54) is 4.90 Å². The molecule has 6 nitrogen and oxygen atoms in total. The van der Waals surface area contributed by atoms with Crippen molar-refractivity contribution in [1.29, 1.82) is 0 Å². The molecule has 0 saturated carbocycles. The number of ether oxygens (including phenoxy) is 1. The Balaban J connectivity index is 1.63. The highest BCUT2D eigenvalue weighted by atomic mass is 16.5. The number of pyridine rings is 1. The average molecular weight is 345 g/mol. The summed E-state index contributed by atoms with van der Waals surface area (Å²) in [5.74, 6) is 0.734. The third-order valence-electron chi connectivity index (χ3n) is 5.13. The van der Waals surface area contributed by atoms with Crippen molar-refractivity contribution in [3.8, 4) is 0 Å². The molecular formula is C19H27N3O3. The Morgan fingerprint density at radius 3 is 2.76 bits per heavy atom. The Bertz CT molecular complexity index is 605. The maximum absolute atomic E-state index is 12.8. The Hall–Kier alpha value is -1.95. The zero-order valence-electron chi connectivity index (χ0n) is 15.1. The van der Waals surface area contributed by atoms with E-state index in [1.54, 1.807) is 17.3 Å². The molecule has 25 heavy (non-hydrogen) atoms. The van der Waals surface area contributed by atoms with Gasteiger partial charge in [0.05, 0.1) is 6.10 Å². The van der Waals surface area contributed by atoms with Gasteiger partial charge in [-0.1, -0.05) is 13.8 Å². The molecule has 2 unspecified atom stereocenters. The normalized spacial score (nSPS) is 24.9. The van der Waals surface area contributed by atoms with Crippen molar-refractivity contribution in [2.75, 3.05) is 19.7 Å². The third-order valence-corrected chi connectivity index (χ3v) is 5.13. The fourth-order valence-electron chi connectivity index (χ4n) is 3.56. The molecule has 3 amide bonds. The Kier molecular flexibility index (Phi) is 5.68. The lowest BCUT2D eigenvalue weighted by Gasteiger charge is -2.38. The van der Waals surface area contributed by atoms with Crippen LogP contribution in [0.5, 0.6) is 0 Å². The van der Waals surface area contributed by atoms with Crippen LogP contribution in [0.25, 0.3) is 0 Å². The van der Waals surface area contributed by atoms with Crippen LogP contribution in [0.4, 0.5) is 4.79 Å². The summed E-state index contributed by atoms with van der Waals surface area (Å²) < 4.78 is 5.81. The van der Waals surface area contributed by atoms with Crippen molar-refractivity contribution < 1.29 is 14.3 Å². The highest BCUT2D eigenvalue weighted by Crippen LogP contribution is 2.27. The third kappa shape index (κ3) is 4.37. The van der Waals surface area contributed by atoms with Crippen molar-refractivity contribution in [3.05, 3.63) is 30.1 Å². The van der Waals surface area contributed by atoms with Gasteiger partial charge in [-0.2, -0.15) is 0 Å². The number of amides is 3. The second-order valence-corrected chi connectivity index (χ2v) is 7.36. The lowest BCUT2D eigenvalue weighted by atomic mass is 9.89. The van der Waals surface area contributed by atoms with E-state index < -0.39 is 0 Å². The molecule has 1 aromatic heterocycles. The molecule has 136 valence electrons. The summed E-state index contributed by atoms with van der Waals surface area (Å²) in [6, 6.07) is 3.64. The molecule has 3 rings (SSSR count). The smallest absolute Gasteiger partial charge is 0.327 e. The van der Waals surface area contributed by atoms with Gasteiger partial charge in [0.25, 0.3) is 0 Å². The number of urea groups is 1. The molecule has 6 heteroatoms. The molecule has 2 aliphatic rings. The highest BCUT2D eigenvalue weighted by Gasteiger charge is 2.35. The maximum Gasteiger partial charge on any atom is 0.327 e. The fourth-order valence-corrected chi connectivity index (χ4v) is 3.56. The van der Waals surface area contributed by atoms with Crippen LogP contribution < -0.4 is 0 Å². The first kappa shape index (κ1) is 17.9. The molecule has 2 aliphatic heterocycles. The number of hydrogen-bond donors (Lipinski definition) is 0. The number of carbonyl (C=O) groups excluding carboxylic acids is 2. The fraction of sp³-hybridized carbons (Fsp3) is 0.632. The number of aromatic nitrogens is 1. The van der Waals surface area contributed by atoms with Gasteiger partial charge < -0.3 is 9.64 Å². The van der Waals surface area contributed by atoms with Crippen molar-refractivity contribution >= 4 is 11.9 Å². The molecule has 0 radical (unpaired) electrons. The monoisotopic (exact) mass is 345 g/mol. The molecule has 3 heterocycles. The van der Waals surface area contributed by atoms with E-state index in [0.29, 0.717) is 44.5 Å². The summed E-state index contributed by atoms with van der Waals surface area (Å²) in [7, 11) is 0. The van der Waals surface area contributed by atoms with E-state index in [9.17, 15) is 9.59 Å². The van der Waals surface area contributed by atoms with Gasteiger partial charge in [0.1, 0.15) is 0 Å². The van der Waals surface area contributed by atoms with Crippen LogP contribution in [0.1, 0.15) is 38.7 Å². The Labute approximate surface area is 149 Å². The summed E-state index contributed by atoms with van der Waals surface area (Å²) >= 11 is 0. The van der Waals surface area contributed by atoms with Gasteiger partial charge in [-0.15, -0.1) is 0 Å². The number of imide groups is 1. The molecule has 0 N–H and O–H groups in total. The second-order valence-electron chi connectivity index (χ2n) is 7.36. The summed E-state index contributed by atoms with van der Waals surface area (Å²) in [4.78, 5) is 32.4. The summed E-state index contributed by atoms with van der Waals surface area (Å²) in [6.45, 7) is 6.54. The minimum Gasteiger partial charge on any atom is -0.378 e. The molecular weight excluding hydrogens is 318 g/mol. The van der Waals surface area contributed by atoms with Crippen LogP contribution in [0.3, 0.4) is 0 Å². The van der Waals surface area contributed by atoms with Crippen LogP contribution in [0.2, 0.25) is 0 Å². The molecule has 0 bridgehead atoms. The van der Waals surface area contributed by atoms with Crippen molar-refractivity contribution in [2.45, 2.75) is 45.8 Å². The largest absolute Gasteiger partial charge is 0.378 e. The van der Waals surface area contributed by atoms with Gasteiger partial charge in [0, 0.05) is 45.1 Å². The number of rotatable bonds is 5. The number of nitrogens with zero attached hydrogens (tertiary/aromatic N) is 3. The van der Waals surface area contributed by atoms with E-state index in [-0.39, 0.29) is 18.0 Å². The lowest BCUT2D eigenvalue weighted by molar-refractivity contribution is -0.132. The van der Waals surface area contributed by atoms with E-state index in [1.807, 2.05) is 12.1 Å². The first-order chi connectivity index (χ1) is 12.0. The van der Waals surface area contributed by atoms with Gasteiger partial charge in [0.2, 0.25) is 5.91 Å². The molecule has 2 saturated heterocycles. The minimum atomic E-state index is -0.166. The number of hydrogen-bond acceptors (Lipinski definition) is 4. The van der Waals surface area contributed by atoms with Gasteiger partial charge in [-0.3, -0.25) is 14.7 Å². The van der Waals surface area contributed by atoms with Gasteiger partial charge in [-0.25, -0.2) is 4.79 Å². The van der Waals surface area contributed by atoms with Gasteiger partial charge in [0.15, 0.2) is 0 Å². The molecule has 2 fully saturated rings. The standard InChI is InChI=1S/C19H27N3O3/c1-14(2)17-11-16(6-10-25-17)13-22-18(23)5-9-21(19(22)24)12-15-3-7-20-8-4-15/h3-4,7-8,14,16-17H,5-6,9-13H2,1-2H3. The van der Waals surface area contributed by atoms with Gasteiger partial charge in [-0.05, 0) is 42.4 Å². The molecule has 1 aromatic rings. The molecule has 0 aromatic carbocycles. The lowest BCUT2D eigenvalue weighted by Crippen LogP contribution is -2.53. The topological polar surface area (TPSA) is 62.7 Å². The van der Waals surface area contributed by atoms with Crippen LogP contribution in [0.15, 0.2) is 24.5 Å². The average Bonchev–Trinajstić information content (AvgIpc) is 2.62. The zero-order chi connectivity index (χ0) is 17.8. The molecule has 0 aliphatic carbocycles. The highest BCUT2D eigenvalue weighted by molar-refractivity contribution is 5.96. The quantitative estimate of drug-likeness (QED) is 0.823. The molecule has 2 atom stereocenters. The van der Waals surface area contributed by atoms with Crippen LogP contribution in [-0.2, 0) is 16.1 Å². The SMILES string of the molecule is CC(C)C1CC(CN2C(=O)CCN(Cc3ccncc3)C2=O)CCO1. The van der Waals surface area contributed by atoms with E-state index >= 15 is 0 Å². The van der Waals surface area contributed by atoms with Crippen molar-refractivity contribution in [2.24, 2.45) is 11.8 Å². The predicted octanol–water partition coefficient (Wildman–Crippen LogP) is 2.69. The van der Waals surface area contributed by atoms with Gasteiger partial charge >= 0.3 is 6.03 Å². The van der Waals surface area contributed by atoms with Crippen molar-refractivity contribution in [3.63, 3.8) is 0 Å². The predicted molar refractivity (Wildman–Crippen MR) is 93.7 cm³/mol. The molecule has 0 spiro atoms. The number of carbonyl (C=O) groups is 2. The summed E-state index contributed by atoms with van der Waals surface area (Å²) in [6.07, 6.45) is 5.89. The van der Waals surface area contributed by atoms with E-state index in [0.717, 1.165) is 18.4 Å². The first-order valence-electron chi connectivity index (χ1n) is 9.14. The second kappa shape index (κ2) is 7.95. The van der Waals surface area contributed by atoms with Crippen molar-refractivity contribution in [1.82, 2.24) is 14.8 Å². The summed E-state index contributed by atoms with van der Waals surface area (Å²) in [5, 5.41) is 0. The Morgan fingerprint density at radius 1 is 1.28 bits per heavy atom. The van der Waals surface area contributed by atoms with Crippen LogP contribution in [-0.4, -0.2) is 52.5 Å². The van der Waals surface area contributed by atoms with E-state index in [2.05, 4.69) is 18.8 Å². The zero-order valence-corrected chi connectivity index (χ0v) is 15.1. The maximum atomic E-state index is 12.8. The summed E-state index contributed by atoms with van der Waals surface area (Å²) in [5.41, 5.74) is 1.03.